The van der Waals surface area contributed by atoms with Gasteiger partial charge >= 0.3 is 5.97 Å². The molecule has 1 aliphatic heterocycles. The van der Waals surface area contributed by atoms with Gasteiger partial charge in [0.25, 0.3) is 5.91 Å². The average molecular weight is 392 g/mol. The maximum absolute atomic E-state index is 14.3. The number of carbonyl (C=O) groups is 2. The number of rotatable bonds is 4. The van der Waals surface area contributed by atoms with E-state index in [1.54, 1.807) is 0 Å². The zero-order chi connectivity index (χ0) is 19.7. The molecule has 2 aromatic rings. The van der Waals surface area contributed by atoms with Crippen molar-refractivity contribution in [2.75, 3.05) is 5.75 Å². The van der Waals surface area contributed by atoms with Gasteiger partial charge in [0.05, 0.1) is 10.6 Å². The molecule has 27 heavy (non-hydrogen) atoms. The lowest BCUT2D eigenvalue weighted by atomic mass is 9.92. The molecule has 3 N–H and O–H groups in total. The van der Waals surface area contributed by atoms with E-state index in [2.05, 4.69) is 10.3 Å². The number of carbonyl (C=O) groups excluding carboxylic acids is 1. The zero-order valence-electron chi connectivity index (χ0n) is 14.0. The first-order valence-corrected chi connectivity index (χ1v) is 8.80. The molecule has 0 saturated carbocycles. The summed E-state index contributed by atoms with van der Waals surface area (Å²) >= 11 is 0.998. The van der Waals surface area contributed by atoms with Crippen molar-refractivity contribution >= 4 is 23.6 Å². The minimum atomic E-state index is -1.36. The molecular formula is C18H14F2N2O4S. The Hall–Kier alpha value is -2.94. The van der Waals surface area contributed by atoms with Crippen LogP contribution in [0.2, 0.25) is 0 Å². The van der Waals surface area contributed by atoms with Gasteiger partial charge in [0.2, 0.25) is 0 Å². The number of carboxylic acid groups (broad SMARTS) is 1. The Morgan fingerprint density at radius 2 is 2.00 bits per heavy atom. The van der Waals surface area contributed by atoms with Crippen LogP contribution in [0.4, 0.5) is 8.78 Å². The van der Waals surface area contributed by atoms with Crippen LogP contribution >= 0.6 is 11.8 Å². The van der Waals surface area contributed by atoms with Crippen molar-refractivity contribution in [1.82, 2.24) is 10.3 Å². The van der Waals surface area contributed by atoms with Crippen molar-refractivity contribution in [1.29, 1.82) is 0 Å². The van der Waals surface area contributed by atoms with Gasteiger partial charge in [-0.2, -0.15) is 0 Å². The van der Waals surface area contributed by atoms with Crippen molar-refractivity contribution in [2.24, 2.45) is 0 Å². The van der Waals surface area contributed by atoms with Crippen LogP contribution in [0, 0.1) is 18.6 Å². The summed E-state index contributed by atoms with van der Waals surface area (Å²) in [6, 6.07) is 5.42. The van der Waals surface area contributed by atoms with Gasteiger partial charge in [-0.1, -0.05) is 12.1 Å². The Kier molecular flexibility index (Phi) is 5.13. The lowest BCUT2D eigenvalue weighted by Gasteiger charge is -2.14. The van der Waals surface area contributed by atoms with Crippen molar-refractivity contribution in [3.05, 3.63) is 69.5 Å². The highest BCUT2D eigenvalue weighted by Gasteiger charge is 2.36. The molecule has 1 unspecified atom stereocenters. The summed E-state index contributed by atoms with van der Waals surface area (Å²) in [4.78, 5) is 27.8. The highest BCUT2D eigenvalue weighted by molar-refractivity contribution is 8.03. The Bertz CT molecular complexity index is 978. The molecule has 1 atom stereocenters. The third kappa shape index (κ3) is 3.50. The van der Waals surface area contributed by atoms with E-state index in [0.717, 1.165) is 11.8 Å². The van der Waals surface area contributed by atoms with Gasteiger partial charge in [-0.3, -0.25) is 4.79 Å². The summed E-state index contributed by atoms with van der Waals surface area (Å²) in [5.74, 6) is -5.47. The summed E-state index contributed by atoms with van der Waals surface area (Å²) in [5.41, 5.74) is -0.493. The van der Waals surface area contributed by atoms with Crippen molar-refractivity contribution < 1.29 is 28.6 Å². The second-order valence-corrected chi connectivity index (χ2v) is 6.87. The Morgan fingerprint density at radius 3 is 2.67 bits per heavy atom. The van der Waals surface area contributed by atoms with Crippen molar-refractivity contribution in [2.45, 2.75) is 12.8 Å². The summed E-state index contributed by atoms with van der Waals surface area (Å²) < 4.78 is 28.2. The van der Waals surface area contributed by atoms with Gasteiger partial charge in [0, 0.05) is 17.9 Å². The summed E-state index contributed by atoms with van der Waals surface area (Å²) in [6.45, 7) is 1.41. The fourth-order valence-electron chi connectivity index (χ4n) is 2.75. The number of aryl methyl sites for hydroxylation is 1. The van der Waals surface area contributed by atoms with Gasteiger partial charge in [0.15, 0.2) is 17.3 Å². The van der Waals surface area contributed by atoms with Crippen LogP contribution in [-0.4, -0.2) is 32.8 Å². The molecule has 0 saturated heterocycles. The number of aromatic hydroxyl groups is 1. The molecule has 1 amide bonds. The van der Waals surface area contributed by atoms with Crippen LogP contribution < -0.4 is 5.32 Å². The van der Waals surface area contributed by atoms with Crippen molar-refractivity contribution in [3.63, 3.8) is 0 Å². The average Bonchev–Trinajstić information content (AvgIpc) is 3.03. The number of amides is 1. The third-order valence-corrected chi connectivity index (χ3v) is 5.24. The Labute approximate surface area is 156 Å². The van der Waals surface area contributed by atoms with E-state index in [9.17, 15) is 28.6 Å². The molecule has 1 aromatic carbocycles. The van der Waals surface area contributed by atoms with E-state index >= 15 is 0 Å². The maximum Gasteiger partial charge on any atom is 0.334 e. The lowest BCUT2D eigenvalue weighted by Crippen LogP contribution is -2.24. The first kappa shape index (κ1) is 18.8. The predicted octanol–water partition coefficient (Wildman–Crippen LogP) is 2.93. The molecule has 0 radical (unpaired) electrons. The minimum absolute atomic E-state index is 0.00272. The molecule has 1 aliphatic rings. The van der Waals surface area contributed by atoms with E-state index in [0.29, 0.717) is 0 Å². The number of aromatic nitrogens is 1. The number of nitrogens with one attached hydrogen (secondary N) is 1. The molecule has 9 heteroatoms. The fraction of sp³-hybridized carbons (Fsp3) is 0.167. The minimum Gasteiger partial charge on any atom is -0.505 e. The summed E-state index contributed by atoms with van der Waals surface area (Å²) in [7, 11) is 0. The van der Waals surface area contributed by atoms with Gasteiger partial charge < -0.3 is 15.5 Å². The number of pyridine rings is 1. The van der Waals surface area contributed by atoms with Crippen LogP contribution in [0.5, 0.6) is 5.75 Å². The van der Waals surface area contributed by atoms with Gasteiger partial charge in [-0.25, -0.2) is 18.6 Å². The van der Waals surface area contributed by atoms with Crippen LogP contribution in [-0.2, 0) is 4.79 Å². The first-order valence-electron chi connectivity index (χ1n) is 7.81. The molecule has 0 fully saturated rings. The number of carboxylic acids is 1. The van der Waals surface area contributed by atoms with E-state index in [4.69, 9.17) is 0 Å². The quantitative estimate of drug-likeness (QED) is 0.740. The molecular weight excluding hydrogens is 378 g/mol. The van der Waals surface area contributed by atoms with Crippen molar-refractivity contribution in [3.8, 4) is 5.75 Å². The van der Waals surface area contributed by atoms with Crippen LogP contribution in [0.25, 0.3) is 0 Å². The monoisotopic (exact) mass is 392 g/mol. The number of halogens is 2. The molecule has 140 valence electrons. The van der Waals surface area contributed by atoms with E-state index in [1.807, 2.05) is 0 Å². The standard InChI is InChI=1S/C18H14F2N2O4S/c1-8-4-5-9(14(20)13(8)19)10-7-27-17(12(10)18(25)26)22-16(24)15-11(23)3-2-6-21-15/h2-6,10,23H,7H2,1H3,(H,22,24)(H,25,26). The molecule has 0 bridgehead atoms. The van der Waals surface area contributed by atoms with E-state index in [-0.39, 0.29) is 38.9 Å². The third-order valence-electron chi connectivity index (χ3n) is 4.13. The number of aliphatic carboxylic acids is 1. The molecule has 0 spiro atoms. The van der Waals surface area contributed by atoms with Crippen LogP contribution in [0.3, 0.4) is 0 Å². The highest BCUT2D eigenvalue weighted by atomic mass is 32.2. The van der Waals surface area contributed by atoms with E-state index in [1.165, 1.54) is 37.4 Å². The number of thioether (sulfide) groups is 1. The Balaban J connectivity index is 1.97. The van der Waals surface area contributed by atoms with Crippen LogP contribution in [0.15, 0.2) is 41.1 Å². The second-order valence-electron chi connectivity index (χ2n) is 5.84. The zero-order valence-corrected chi connectivity index (χ0v) is 14.8. The Morgan fingerprint density at radius 1 is 1.26 bits per heavy atom. The lowest BCUT2D eigenvalue weighted by molar-refractivity contribution is -0.132. The highest BCUT2D eigenvalue weighted by Crippen LogP contribution is 2.42. The fourth-order valence-corrected chi connectivity index (χ4v) is 3.97. The smallest absolute Gasteiger partial charge is 0.334 e. The number of benzene rings is 1. The number of hydrogen-bond donors (Lipinski definition) is 3. The maximum atomic E-state index is 14.3. The number of hydrogen-bond acceptors (Lipinski definition) is 5. The van der Waals surface area contributed by atoms with E-state index < -0.39 is 29.4 Å². The summed E-state index contributed by atoms with van der Waals surface area (Å²) in [6.07, 6.45) is 1.30. The number of nitrogens with zero attached hydrogens (tertiary/aromatic N) is 1. The van der Waals surface area contributed by atoms with Gasteiger partial charge in [0.1, 0.15) is 5.75 Å². The molecule has 0 aliphatic carbocycles. The molecule has 6 nitrogen and oxygen atoms in total. The topological polar surface area (TPSA) is 99.5 Å². The summed E-state index contributed by atoms with van der Waals surface area (Å²) in [5, 5.41) is 21.7. The normalized spacial score (nSPS) is 16.5. The van der Waals surface area contributed by atoms with Crippen LogP contribution in [0.1, 0.15) is 27.5 Å². The van der Waals surface area contributed by atoms with Gasteiger partial charge in [-0.15, -0.1) is 11.8 Å². The predicted molar refractivity (Wildman–Crippen MR) is 94.3 cm³/mol. The molecule has 1 aromatic heterocycles. The molecule has 3 rings (SSSR count). The molecule has 2 heterocycles. The largest absolute Gasteiger partial charge is 0.505 e. The SMILES string of the molecule is Cc1ccc(C2CSC(NC(=O)c3ncccc3O)=C2C(=O)O)c(F)c1F. The van der Waals surface area contributed by atoms with Gasteiger partial charge in [-0.05, 0) is 30.2 Å². The first-order chi connectivity index (χ1) is 12.8. The second kappa shape index (κ2) is 7.36.